The van der Waals surface area contributed by atoms with Crippen LogP contribution in [0.2, 0.25) is 0 Å². The van der Waals surface area contributed by atoms with E-state index in [2.05, 4.69) is 10.6 Å². The summed E-state index contributed by atoms with van der Waals surface area (Å²) in [6.07, 6.45) is 0. The summed E-state index contributed by atoms with van der Waals surface area (Å²) in [6, 6.07) is 8.58. The fourth-order valence-electron chi connectivity index (χ4n) is 1.99. The fraction of sp³-hybridized carbons (Fsp3) is 0.294. The number of carboxylic acid groups (broad SMARTS) is 1. The number of rotatable bonds is 5. The molecule has 7 heteroatoms. The van der Waals surface area contributed by atoms with Gasteiger partial charge in [0, 0.05) is 11.3 Å². The second kappa shape index (κ2) is 6.76. The molecule has 2 aromatic rings. The third kappa shape index (κ3) is 4.14. The highest BCUT2D eigenvalue weighted by Gasteiger charge is 2.30. The molecule has 0 aliphatic heterocycles. The van der Waals surface area contributed by atoms with E-state index in [0.29, 0.717) is 11.4 Å². The minimum absolute atomic E-state index is 0.412. The number of carboxylic acids is 1. The van der Waals surface area contributed by atoms with Crippen LogP contribution in [-0.2, 0) is 4.79 Å². The molecule has 4 N–H and O–H groups in total. The Bertz CT molecular complexity index is 764. The van der Waals surface area contributed by atoms with Crippen LogP contribution >= 0.6 is 0 Å². The van der Waals surface area contributed by atoms with E-state index < -0.39 is 24.1 Å². The van der Waals surface area contributed by atoms with Crippen molar-refractivity contribution in [1.82, 2.24) is 5.32 Å². The number of benzene rings is 1. The lowest BCUT2D eigenvalue weighted by atomic mass is 10.1. The first kappa shape index (κ1) is 17.6. The largest absolute Gasteiger partial charge is 0.479 e. The monoisotopic (exact) mass is 332 g/mol. The summed E-state index contributed by atoms with van der Waals surface area (Å²) in [5.74, 6) is 0.0627. The van der Waals surface area contributed by atoms with Gasteiger partial charge in [0.25, 0.3) is 0 Å². The van der Waals surface area contributed by atoms with E-state index in [4.69, 9.17) is 9.52 Å². The Labute approximate surface area is 139 Å². The van der Waals surface area contributed by atoms with Crippen molar-refractivity contribution in [1.29, 1.82) is 0 Å². The first-order valence-electron chi connectivity index (χ1n) is 7.37. The van der Waals surface area contributed by atoms with Crippen LogP contribution in [0.15, 0.2) is 34.7 Å². The SMILES string of the molecule is Cc1ccc(-c2ccc(C)c(NC(=O)NCC(C)(O)C(=O)O)c2)o1. The van der Waals surface area contributed by atoms with E-state index in [0.717, 1.165) is 23.8 Å². The molecule has 0 bridgehead atoms. The molecule has 0 saturated carbocycles. The lowest BCUT2D eigenvalue weighted by molar-refractivity contribution is -0.155. The number of carbonyl (C=O) groups excluding carboxylic acids is 1. The van der Waals surface area contributed by atoms with E-state index in [1.165, 1.54) is 0 Å². The quantitative estimate of drug-likeness (QED) is 0.672. The van der Waals surface area contributed by atoms with Gasteiger partial charge >= 0.3 is 12.0 Å². The van der Waals surface area contributed by atoms with Gasteiger partial charge < -0.3 is 25.3 Å². The Balaban J connectivity index is 2.09. The normalized spacial score (nSPS) is 13.2. The maximum atomic E-state index is 11.9. The molecule has 2 rings (SSSR count). The summed E-state index contributed by atoms with van der Waals surface area (Å²) in [5.41, 5.74) is 0.178. The predicted molar refractivity (Wildman–Crippen MR) is 88.9 cm³/mol. The number of anilines is 1. The zero-order valence-corrected chi connectivity index (χ0v) is 13.7. The summed E-state index contributed by atoms with van der Waals surface area (Å²) in [6.45, 7) is 4.38. The Morgan fingerprint density at radius 3 is 2.50 bits per heavy atom. The number of nitrogens with one attached hydrogen (secondary N) is 2. The Morgan fingerprint density at radius 2 is 1.92 bits per heavy atom. The van der Waals surface area contributed by atoms with Crippen LogP contribution in [0.3, 0.4) is 0 Å². The fourth-order valence-corrected chi connectivity index (χ4v) is 1.99. The highest BCUT2D eigenvalue weighted by molar-refractivity contribution is 5.91. The molecule has 1 atom stereocenters. The number of hydrogen-bond donors (Lipinski definition) is 4. The van der Waals surface area contributed by atoms with Gasteiger partial charge in [-0.25, -0.2) is 9.59 Å². The number of urea groups is 1. The van der Waals surface area contributed by atoms with E-state index in [1.54, 1.807) is 6.07 Å². The van der Waals surface area contributed by atoms with Crippen LogP contribution in [-0.4, -0.2) is 34.4 Å². The molecule has 1 heterocycles. The number of furan rings is 1. The molecule has 7 nitrogen and oxygen atoms in total. The van der Waals surface area contributed by atoms with Crippen molar-refractivity contribution >= 4 is 17.7 Å². The molecule has 0 fully saturated rings. The third-order valence-corrected chi connectivity index (χ3v) is 3.56. The summed E-state index contributed by atoms with van der Waals surface area (Å²) >= 11 is 0. The zero-order valence-electron chi connectivity index (χ0n) is 13.7. The lowest BCUT2D eigenvalue weighted by Gasteiger charge is -2.19. The van der Waals surface area contributed by atoms with Crippen molar-refractivity contribution in [2.24, 2.45) is 0 Å². The summed E-state index contributed by atoms with van der Waals surface area (Å²) in [7, 11) is 0. The number of amides is 2. The standard InChI is InChI=1S/C17H20N2O5/c1-10-4-6-12(14-7-5-11(2)24-14)8-13(10)19-16(22)18-9-17(3,23)15(20)21/h4-8,23H,9H2,1-3H3,(H,20,21)(H2,18,19,22). The van der Waals surface area contributed by atoms with Gasteiger partial charge in [-0.05, 0) is 44.5 Å². The minimum atomic E-state index is -2.03. The molecule has 1 aromatic carbocycles. The Hall–Kier alpha value is -2.80. The Kier molecular flexibility index (Phi) is 4.94. The molecule has 0 radical (unpaired) electrons. The number of hydrogen-bond acceptors (Lipinski definition) is 4. The molecular formula is C17H20N2O5. The second-order valence-electron chi connectivity index (χ2n) is 5.83. The molecule has 1 unspecified atom stereocenters. The molecule has 0 aliphatic carbocycles. The minimum Gasteiger partial charge on any atom is -0.479 e. The highest BCUT2D eigenvalue weighted by Crippen LogP contribution is 2.26. The molecule has 0 saturated heterocycles. The molecule has 0 aliphatic rings. The molecule has 2 amide bonds. The number of aliphatic carboxylic acids is 1. The zero-order chi connectivity index (χ0) is 17.9. The van der Waals surface area contributed by atoms with Gasteiger partial charge in [-0.2, -0.15) is 0 Å². The average Bonchev–Trinajstić information content (AvgIpc) is 2.94. The topological polar surface area (TPSA) is 112 Å². The molecular weight excluding hydrogens is 312 g/mol. The highest BCUT2D eigenvalue weighted by atomic mass is 16.4. The summed E-state index contributed by atoms with van der Waals surface area (Å²) in [4.78, 5) is 22.8. The maximum absolute atomic E-state index is 11.9. The van der Waals surface area contributed by atoms with Gasteiger partial charge in [-0.3, -0.25) is 0 Å². The maximum Gasteiger partial charge on any atom is 0.337 e. The van der Waals surface area contributed by atoms with Gasteiger partial charge in [0.15, 0.2) is 5.60 Å². The molecule has 128 valence electrons. The van der Waals surface area contributed by atoms with Crippen LogP contribution in [0.4, 0.5) is 10.5 Å². The van der Waals surface area contributed by atoms with Gasteiger partial charge in [0.05, 0.1) is 6.54 Å². The van der Waals surface area contributed by atoms with E-state index in [1.807, 2.05) is 38.1 Å². The van der Waals surface area contributed by atoms with Crippen molar-refractivity contribution in [3.63, 3.8) is 0 Å². The van der Waals surface area contributed by atoms with Crippen molar-refractivity contribution < 1.29 is 24.2 Å². The van der Waals surface area contributed by atoms with Crippen LogP contribution in [0.1, 0.15) is 18.2 Å². The summed E-state index contributed by atoms with van der Waals surface area (Å²) < 4.78 is 5.56. The smallest absolute Gasteiger partial charge is 0.337 e. The third-order valence-electron chi connectivity index (χ3n) is 3.56. The van der Waals surface area contributed by atoms with Gasteiger partial charge in [-0.1, -0.05) is 12.1 Å². The van der Waals surface area contributed by atoms with E-state index in [-0.39, 0.29) is 0 Å². The Morgan fingerprint density at radius 1 is 1.21 bits per heavy atom. The average molecular weight is 332 g/mol. The lowest BCUT2D eigenvalue weighted by Crippen LogP contribution is -2.47. The van der Waals surface area contributed by atoms with Crippen LogP contribution in [0.25, 0.3) is 11.3 Å². The number of carbonyl (C=O) groups is 2. The van der Waals surface area contributed by atoms with Crippen molar-refractivity contribution in [2.45, 2.75) is 26.4 Å². The van der Waals surface area contributed by atoms with Crippen LogP contribution in [0.5, 0.6) is 0 Å². The van der Waals surface area contributed by atoms with Crippen molar-refractivity contribution in [3.05, 3.63) is 41.7 Å². The van der Waals surface area contributed by atoms with Gasteiger partial charge in [0.2, 0.25) is 0 Å². The molecule has 1 aromatic heterocycles. The van der Waals surface area contributed by atoms with Crippen LogP contribution < -0.4 is 10.6 Å². The first-order chi connectivity index (χ1) is 11.2. The number of aliphatic hydroxyl groups is 1. The van der Waals surface area contributed by atoms with E-state index in [9.17, 15) is 14.7 Å². The molecule has 24 heavy (non-hydrogen) atoms. The van der Waals surface area contributed by atoms with E-state index >= 15 is 0 Å². The predicted octanol–water partition coefficient (Wildman–Crippen LogP) is 2.52. The van der Waals surface area contributed by atoms with Crippen LogP contribution in [0, 0.1) is 13.8 Å². The molecule has 0 spiro atoms. The van der Waals surface area contributed by atoms with Gasteiger partial charge in [-0.15, -0.1) is 0 Å². The summed E-state index contributed by atoms with van der Waals surface area (Å²) in [5, 5.41) is 23.4. The number of aryl methyl sites for hydroxylation is 2. The second-order valence-corrected chi connectivity index (χ2v) is 5.83. The van der Waals surface area contributed by atoms with Crippen molar-refractivity contribution in [3.8, 4) is 11.3 Å². The first-order valence-corrected chi connectivity index (χ1v) is 7.37. The van der Waals surface area contributed by atoms with Crippen molar-refractivity contribution in [2.75, 3.05) is 11.9 Å². The van der Waals surface area contributed by atoms with Gasteiger partial charge in [0.1, 0.15) is 11.5 Å².